The number of nitrogens with zero attached hydrogens (tertiary/aromatic N) is 1. The Morgan fingerprint density at radius 1 is 0.676 bits per heavy atom. The maximum atomic E-state index is 14.0. The van der Waals surface area contributed by atoms with E-state index in [4.69, 9.17) is 19.3 Å². The second-order valence-electron chi connectivity index (χ2n) is 6.30. The number of aliphatic hydroxyl groups excluding tert-OH is 1. The van der Waals surface area contributed by atoms with E-state index >= 15 is 0 Å². The summed E-state index contributed by atoms with van der Waals surface area (Å²) >= 11 is 0. The lowest BCUT2D eigenvalue weighted by molar-refractivity contribution is -0.413. The van der Waals surface area contributed by atoms with E-state index in [-0.39, 0.29) is 39.6 Å². The zero-order valence-corrected chi connectivity index (χ0v) is 18.2. The van der Waals surface area contributed by atoms with Gasteiger partial charge >= 0.3 is 29.2 Å². The fraction of sp³-hybridized carbons (Fsp3) is 1.00. The lowest BCUT2D eigenvalue weighted by Gasteiger charge is -2.38. The van der Waals surface area contributed by atoms with Crippen molar-refractivity contribution in [3.63, 3.8) is 0 Å². The van der Waals surface area contributed by atoms with Crippen molar-refractivity contribution < 1.29 is 76.0 Å². The van der Waals surface area contributed by atoms with Crippen LogP contribution in [-0.4, -0.2) is 106 Å². The van der Waals surface area contributed by atoms with E-state index in [1.807, 2.05) is 0 Å². The average molecular weight is 553 g/mol. The van der Waals surface area contributed by atoms with Crippen LogP contribution in [0.25, 0.3) is 0 Å². The Labute approximate surface area is 186 Å². The molecule has 0 radical (unpaired) electrons. The van der Waals surface area contributed by atoms with Crippen molar-refractivity contribution in [3.05, 3.63) is 0 Å². The molecule has 0 saturated heterocycles. The van der Waals surface area contributed by atoms with E-state index in [1.165, 1.54) is 0 Å². The maximum Gasteiger partial charge on any atom is 0.460 e. The Morgan fingerprint density at radius 2 is 1.09 bits per heavy atom. The van der Waals surface area contributed by atoms with Gasteiger partial charge in [-0.25, -0.2) is 8.42 Å². The SMILES string of the molecule is CCN(CCOCCOCCOCCO)S(=O)(=O)C(F)(F)C(F)(F)C(F)(F)C(F)(F)C(F)(F)F. The van der Waals surface area contributed by atoms with E-state index in [0.717, 1.165) is 6.92 Å². The van der Waals surface area contributed by atoms with Crippen molar-refractivity contribution in [2.75, 3.05) is 59.3 Å². The van der Waals surface area contributed by atoms with Crippen molar-refractivity contribution in [2.24, 2.45) is 0 Å². The van der Waals surface area contributed by atoms with Crippen LogP contribution in [0.3, 0.4) is 0 Å². The van der Waals surface area contributed by atoms with Gasteiger partial charge in [0.15, 0.2) is 0 Å². The molecule has 0 aliphatic carbocycles. The first-order chi connectivity index (χ1) is 15.3. The van der Waals surface area contributed by atoms with Gasteiger partial charge in [-0.1, -0.05) is 6.92 Å². The highest BCUT2D eigenvalue weighted by atomic mass is 32.2. The lowest BCUT2D eigenvalue weighted by atomic mass is 10.0. The molecule has 34 heavy (non-hydrogen) atoms. The first kappa shape index (κ1) is 33.0. The molecule has 0 bridgehead atoms. The molecule has 0 aliphatic heterocycles. The quantitative estimate of drug-likeness (QED) is 0.220. The standard InChI is InChI=1S/C15H22F11NO6S/c1-2-27(3-5-31-7-9-33-10-8-32-6-4-28)34(29,30)15(25,26)13(20,21)11(16,17)12(18,19)14(22,23)24/h28H,2-10H2,1H3. The van der Waals surface area contributed by atoms with Gasteiger partial charge in [-0.15, -0.1) is 0 Å². The third kappa shape index (κ3) is 6.80. The third-order valence-corrected chi connectivity index (χ3v) is 6.02. The van der Waals surface area contributed by atoms with Crippen molar-refractivity contribution in [1.82, 2.24) is 4.31 Å². The van der Waals surface area contributed by atoms with E-state index in [9.17, 15) is 56.7 Å². The smallest absolute Gasteiger partial charge is 0.394 e. The molecule has 0 spiro atoms. The molecule has 7 nitrogen and oxygen atoms in total. The van der Waals surface area contributed by atoms with Crippen LogP contribution in [0.2, 0.25) is 0 Å². The van der Waals surface area contributed by atoms with Crippen LogP contribution in [0.1, 0.15) is 6.92 Å². The zero-order chi connectivity index (χ0) is 27.1. The highest BCUT2D eigenvalue weighted by Gasteiger charge is 2.89. The number of rotatable bonds is 17. The molecule has 206 valence electrons. The van der Waals surface area contributed by atoms with Crippen LogP contribution in [0.15, 0.2) is 0 Å². The Bertz CT molecular complexity index is 718. The Kier molecular flexibility index (Phi) is 11.9. The lowest BCUT2D eigenvalue weighted by Crippen LogP contribution is -2.69. The summed E-state index contributed by atoms with van der Waals surface area (Å²) in [6.45, 7) is -2.73. The summed E-state index contributed by atoms with van der Waals surface area (Å²) in [7, 11) is -6.89. The molecule has 0 fully saturated rings. The molecule has 0 aromatic carbocycles. The summed E-state index contributed by atoms with van der Waals surface area (Å²) in [6.07, 6.45) is -7.40. The largest absolute Gasteiger partial charge is 0.460 e. The van der Waals surface area contributed by atoms with Gasteiger partial charge < -0.3 is 19.3 Å². The summed E-state index contributed by atoms with van der Waals surface area (Å²) in [4.78, 5) is 0. The molecule has 0 aromatic heterocycles. The highest BCUT2D eigenvalue weighted by molar-refractivity contribution is 7.90. The van der Waals surface area contributed by atoms with Crippen LogP contribution >= 0.6 is 0 Å². The molecule has 0 aromatic rings. The van der Waals surface area contributed by atoms with Gasteiger partial charge in [-0.3, -0.25) is 0 Å². The van der Waals surface area contributed by atoms with Crippen molar-refractivity contribution in [2.45, 2.75) is 36.1 Å². The van der Waals surface area contributed by atoms with Crippen molar-refractivity contribution in [3.8, 4) is 0 Å². The number of alkyl halides is 11. The van der Waals surface area contributed by atoms with Gasteiger partial charge in [0.25, 0.3) is 10.0 Å². The third-order valence-electron chi connectivity index (χ3n) is 3.99. The van der Waals surface area contributed by atoms with E-state index in [1.54, 1.807) is 0 Å². The van der Waals surface area contributed by atoms with Crippen LogP contribution in [-0.2, 0) is 24.2 Å². The number of hydrogen-bond acceptors (Lipinski definition) is 6. The Morgan fingerprint density at radius 3 is 1.47 bits per heavy atom. The normalized spacial score (nSPS) is 14.8. The molecule has 0 saturated carbocycles. The van der Waals surface area contributed by atoms with E-state index < -0.39 is 63.2 Å². The maximum absolute atomic E-state index is 14.0. The fourth-order valence-electron chi connectivity index (χ4n) is 2.10. The van der Waals surface area contributed by atoms with Gasteiger partial charge in [0.2, 0.25) is 0 Å². The van der Waals surface area contributed by atoms with E-state index in [0.29, 0.717) is 0 Å². The van der Waals surface area contributed by atoms with Crippen molar-refractivity contribution >= 4 is 10.0 Å². The first-order valence-corrected chi connectivity index (χ1v) is 10.6. The van der Waals surface area contributed by atoms with Crippen LogP contribution in [0.4, 0.5) is 48.3 Å². The molecule has 19 heteroatoms. The van der Waals surface area contributed by atoms with Crippen LogP contribution in [0.5, 0.6) is 0 Å². The van der Waals surface area contributed by atoms with Gasteiger partial charge in [-0.05, 0) is 0 Å². The molecule has 0 amide bonds. The molecule has 1 N–H and O–H groups in total. The average Bonchev–Trinajstić information content (AvgIpc) is 2.70. The first-order valence-electron chi connectivity index (χ1n) is 9.19. The number of hydrogen-bond donors (Lipinski definition) is 1. The molecule has 0 atom stereocenters. The number of sulfonamides is 1. The number of ether oxygens (including phenoxy) is 3. The minimum atomic E-state index is -7.83. The van der Waals surface area contributed by atoms with Gasteiger partial charge in [0, 0.05) is 13.1 Å². The van der Waals surface area contributed by atoms with Crippen molar-refractivity contribution in [1.29, 1.82) is 0 Å². The monoisotopic (exact) mass is 553 g/mol. The molecule has 0 heterocycles. The van der Waals surface area contributed by atoms with E-state index in [2.05, 4.69) is 0 Å². The van der Waals surface area contributed by atoms with Gasteiger partial charge in [-0.2, -0.15) is 52.6 Å². The zero-order valence-electron chi connectivity index (χ0n) is 17.4. The number of likely N-dealkylation sites (N-methyl/N-ethyl adjacent to an activating group) is 1. The predicted molar refractivity (Wildman–Crippen MR) is 91.6 cm³/mol. The summed E-state index contributed by atoms with van der Waals surface area (Å²) in [5.74, 6) is -23.2. The molecular weight excluding hydrogens is 531 g/mol. The number of aliphatic hydroxyl groups is 1. The molecule has 0 aliphatic rings. The second-order valence-corrected chi connectivity index (χ2v) is 8.27. The van der Waals surface area contributed by atoms with Gasteiger partial charge in [0.05, 0.1) is 46.2 Å². The summed E-state index contributed by atoms with van der Waals surface area (Å²) < 4.78 is 182. The minimum absolute atomic E-state index is 0.0386. The molecular formula is C15H22F11NO6S. The Hall–Kier alpha value is -1.02. The Balaban J connectivity index is 5.27. The predicted octanol–water partition coefficient (Wildman–Crippen LogP) is 2.74. The summed E-state index contributed by atoms with van der Waals surface area (Å²) in [5, 5.41) is 1.39. The van der Waals surface area contributed by atoms with Crippen LogP contribution in [0, 0.1) is 0 Å². The van der Waals surface area contributed by atoms with Gasteiger partial charge in [0.1, 0.15) is 0 Å². The fourth-order valence-corrected chi connectivity index (χ4v) is 3.53. The summed E-state index contributed by atoms with van der Waals surface area (Å²) in [6, 6.07) is 0. The highest BCUT2D eigenvalue weighted by Crippen LogP contribution is 2.58. The summed E-state index contributed by atoms with van der Waals surface area (Å²) in [5.41, 5.74) is 0. The minimum Gasteiger partial charge on any atom is -0.394 e. The topological polar surface area (TPSA) is 85.3 Å². The van der Waals surface area contributed by atoms with Crippen LogP contribution < -0.4 is 0 Å². The number of halogens is 11. The second kappa shape index (κ2) is 12.3. The molecule has 0 unspecified atom stereocenters. The molecule has 0 rings (SSSR count).